The fraction of sp³-hybridized carbons (Fsp3) is 0.368. The predicted octanol–water partition coefficient (Wildman–Crippen LogP) is 7.06. The van der Waals surface area contributed by atoms with Gasteiger partial charge in [0.2, 0.25) is 0 Å². The molecule has 68 heavy (non-hydrogen) atoms. The van der Waals surface area contributed by atoms with E-state index in [2.05, 4.69) is 0 Å². The van der Waals surface area contributed by atoms with Gasteiger partial charge in [-0.3, -0.25) is 0 Å². The minimum atomic E-state index is -2.22. The summed E-state index contributed by atoms with van der Waals surface area (Å²) in [6.07, 6.45) is -10.1. The van der Waals surface area contributed by atoms with Crippen LogP contribution in [0.2, 0.25) is 0 Å². The first-order chi connectivity index (χ1) is 33.2. The van der Waals surface area contributed by atoms with Crippen LogP contribution in [0.4, 0.5) is 0 Å². The van der Waals surface area contributed by atoms with E-state index in [1.165, 1.54) is 14.2 Å². The molecule has 2 aliphatic heterocycles. The Balaban J connectivity index is 1.27. The van der Waals surface area contributed by atoms with Gasteiger partial charge in [-0.15, -0.1) is 0 Å². The second-order valence-electron chi connectivity index (χ2n) is 17.9. The number of rotatable bonds is 21. The Bertz CT molecular complexity index is 2360. The van der Waals surface area contributed by atoms with Crippen molar-refractivity contribution in [1.82, 2.24) is 0 Å². The molecule has 11 heteroatoms. The maximum Gasteiger partial charge on any atom is 0.186 e. The molecule has 2 saturated heterocycles. The van der Waals surface area contributed by atoms with E-state index in [1.54, 1.807) is 0 Å². The molecule has 2 unspecified atom stereocenters. The van der Waals surface area contributed by atoms with Crippen LogP contribution < -0.4 is 0 Å². The summed E-state index contributed by atoms with van der Waals surface area (Å²) >= 11 is 0. The van der Waals surface area contributed by atoms with Crippen molar-refractivity contribution in [3.63, 3.8) is 0 Å². The summed E-state index contributed by atoms with van der Waals surface area (Å²) in [5.74, 6) is -1.19. The van der Waals surface area contributed by atoms with Crippen LogP contribution in [0.3, 0.4) is 0 Å². The first-order valence-corrected chi connectivity index (χ1v) is 23.4. The van der Waals surface area contributed by atoms with Crippen LogP contribution in [0.15, 0.2) is 182 Å². The molecule has 12 atom stereocenters. The lowest BCUT2D eigenvalue weighted by Gasteiger charge is -2.60. The number of hydrogen-bond acceptors (Lipinski definition) is 11. The Morgan fingerprint density at radius 2 is 0.882 bits per heavy atom. The Morgan fingerprint density at radius 1 is 0.485 bits per heavy atom. The zero-order valence-corrected chi connectivity index (χ0v) is 38.7. The van der Waals surface area contributed by atoms with E-state index in [4.69, 9.17) is 33.2 Å². The normalized spacial score (nSPS) is 28.1. The standard InChI is InChI=1S/C57H64O11/c1-62-52(51-49(64-37-43-27-15-6-16-28-43)50(65-38-44-29-17-7-18-30-44)53(55(63-2)68-51)66-39-45-31-19-8-20-32-45)54-57(61,35-42-25-13-5-14-26-42)56(60,34-41-23-11-4-12-24-41)46(36-58)48(67-54)47(59)33-40-21-9-3-10-22-40/h3-32,46-55,58-61H,33-39H2,1-2H3/t46-,47?,48+,49+,50+,51+,52?,53-,54+,55+,56+,57+/m1/s1. The highest BCUT2D eigenvalue weighted by Gasteiger charge is 2.68. The van der Waals surface area contributed by atoms with E-state index >= 15 is 0 Å². The maximum absolute atomic E-state index is 14.0. The molecule has 358 valence electrons. The molecule has 2 aliphatic rings. The molecule has 2 heterocycles. The zero-order chi connectivity index (χ0) is 47.4. The fourth-order valence-electron chi connectivity index (χ4n) is 10.1. The second kappa shape index (κ2) is 23.5. The van der Waals surface area contributed by atoms with E-state index in [0.29, 0.717) is 11.1 Å². The molecule has 8 rings (SSSR count). The van der Waals surface area contributed by atoms with Crippen LogP contribution in [-0.4, -0.2) is 108 Å². The first kappa shape index (κ1) is 49.3. The molecule has 6 aromatic carbocycles. The van der Waals surface area contributed by atoms with E-state index in [9.17, 15) is 20.4 Å². The third-order valence-corrected chi connectivity index (χ3v) is 13.5. The van der Waals surface area contributed by atoms with Gasteiger partial charge in [0.05, 0.1) is 38.6 Å². The van der Waals surface area contributed by atoms with Gasteiger partial charge >= 0.3 is 0 Å². The molecule has 0 aromatic heterocycles. The van der Waals surface area contributed by atoms with Gasteiger partial charge in [-0.05, 0) is 33.4 Å². The number of hydrogen-bond donors (Lipinski definition) is 4. The van der Waals surface area contributed by atoms with Crippen molar-refractivity contribution in [2.45, 2.75) is 105 Å². The van der Waals surface area contributed by atoms with E-state index < -0.39 is 78.8 Å². The molecule has 0 radical (unpaired) electrons. The van der Waals surface area contributed by atoms with Crippen molar-refractivity contribution >= 4 is 0 Å². The largest absolute Gasteiger partial charge is 0.396 e. The smallest absolute Gasteiger partial charge is 0.186 e. The van der Waals surface area contributed by atoms with Gasteiger partial charge in [0.25, 0.3) is 0 Å². The number of aliphatic hydroxyl groups excluding tert-OH is 2. The Hall–Kier alpha value is -5.12. The van der Waals surface area contributed by atoms with Crippen molar-refractivity contribution in [3.05, 3.63) is 215 Å². The average molecular weight is 925 g/mol. The summed E-state index contributed by atoms with van der Waals surface area (Å²) in [4.78, 5) is 0. The van der Waals surface area contributed by atoms with Crippen LogP contribution >= 0.6 is 0 Å². The Morgan fingerprint density at radius 3 is 1.31 bits per heavy atom. The second-order valence-corrected chi connectivity index (χ2v) is 17.9. The van der Waals surface area contributed by atoms with Crippen LogP contribution in [0.25, 0.3) is 0 Å². The molecule has 11 nitrogen and oxygen atoms in total. The van der Waals surface area contributed by atoms with Crippen LogP contribution in [0.5, 0.6) is 0 Å². The number of ether oxygens (including phenoxy) is 7. The highest BCUT2D eigenvalue weighted by atomic mass is 16.7. The molecule has 0 saturated carbocycles. The van der Waals surface area contributed by atoms with Crippen molar-refractivity contribution in [2.75, 3.05) is 20.8 Å². The SMILES string of the molecule is COC([C@H]1O[C@H](OC)[C@H](OCc2ccccc2)[C@@H](OCc2ccccc2)[C@@H]1OCc1ccccc1)[C@@H]1O[C@H](C(O)Cc2ccccc2)[C@@H](CO)[C@@](O)(Cc2ccccc2)[C@]1(O)Cc1ccccc1. The lowest BCUT2D eigenvalue weighted by Crippen LogP contribution is -2.79. The van der Waals surface area contributed by atoms with Gasteiger partial charge in [-0.1, -0.05) is 182 Å². The lowest BCUT2D eigenvalue weighted by atomic mass is 9.60. The summed E-state index contributed by atoms with van der Waals surface area (Å²) < 4.78 is 47.6. The summed E-state index contributed by atoms with van der Waals surface area (Å²) in [6, 6.07) is 57.5. The van der Waals surface area contributed by atoms with Crippen molar-refractivity contribution in [1.29, 1.82) is 0 Å². The van der Waals surface area contributed by atoms with Crippen LogP contribution in [0.1, 0.15) is 33.4 Å². The molecule has 0 bridgehead atoms. The topological polar surface area (TPSA) is 146 Å². The minimum Gasteiger partial charge on any atom is -0.396 e. The zero-order valence-electron chi connectivity index (χ0n) is 38.7. The highest BCUT2D eigenvalue weighted by Crippen LogP contribution is 2.50. The van der Waals surface area contributed by atoms with Gasteiger partial charge < -0.3 is 53.6 Å². The van der Waals surface area contributed by atoms with Crippen molar-refractivity contribution in [3.8, 4) is 0 Å². The van der Waals surface area contributed by atoms with Gasteiger partial charge in [0, 0.05) is 39.4 Å². The van der Waals surface area contributed by atoms with Gasteiger partial charge in [-0.25, -0.2) is 0 Å². The van der Waals surface area contributed by atoms with Gasteiger partial charge in [0.1, 0.15) is 47.8 Å². The molecule has 4 N–H and O–H groups in total. The van der Waals surface area contributed by atoms with Crippen molar-refractivity contribution in [2.24, 2.45) is 5.92 Å². The van der Waals surface area contributed by atoms with Crippen LogP contribution in [-0.2, 0) is 72.2 Å². The molecule has 6 aromatic rings. The Labute approximate surface area is 399 Å². The average Bonchev–Trinajstić information content (AvgIpc) is 3.38. The molecule has 0 aliphatic carbocycles. The summed E-state index contributed by atoms with van der Waals surface area (Å²) in [7, 11) is 3.03. The predicted molar refractivity (Wildman–Crippen MR) is 257 cm³/mol. The lowest BCUT2D eigenvalue weighted by molar-refractivity contribution is -0.367. The molecule has 0 amide bonds. The van der Waals surface area contributed by atoms with Gasteiger partial charge in [-0.2, -0.15) is 0 Å². The molecular formula is C57H64O11. The fourth-order valence-corrected chi connectivity index (χ4v) is 10.1. The number of benzene rings is 6. The third kappa shape index (κ3) is 11.3. The van der Waals surface area contributed by atoms with E-state index in [0.717, 1.165) is 22.3 Å². The molecule has 2 fully saturated rings. The first-order valence-electron chi connectivity index (χ1n) is 23.4. The van der Waals surface area contributed by atoms with E-state index in [1.807, 2.05) is 182 Å². The van der Waals surface area contributed by atoms with Crippen LogP contribution in [0, 0.1) is 5.92 Å². The van der Waals surface area contributed by atoms with E-state index in [-0.39, 0.29) is 39.1 Å². The van der Waals surface area contributed by atoms with Gasteiger partial charge in [0.15, 0.2) is 6.29 Å². The molecular weight excluding hydrogens is 861 g/mol. The summed E-state index contributed by atoms with van der Waals surface area (Å²) in [5.41, 5.74) is 0.584. The third-order valence-electron chi connectivity index (χ3n) is 13.5. The number of aliphatic hydroxyl groups is 4. The Kier molecular flexibility index (Phi) is 17.0. The maximum atomic E-state index is 14.0. The monoisotopic (exact) mass is 924 g/mol. The number of methoxy groups -OCH3 is 2. The minimum absolute atomic E-state index is 0.106. The quantitative estimate of drug-likeness (QED) is 0.0589. The molecule has 0 spiro atoms. The summed E-state index contributed by atoms with van der Waals surface area (Å²) in [6.45, 7) is -0.0872. The van der Waals surface area contributed by atoms with Crippen molar-refractivity contribution < 1.29 is 53.6 Å². The summed E-state index contributed by atoms with van der Waals surface area (Å²) in [5, 5.41) is 51.5. The highest BCUT2D eigenvalue weighted by molar-refractivity contribution is 5.29.